The van der Waals surface area contributed by atoms with Gasteiger partial charge in [-0.05, 0) is 71.3 Å². The quantitative estimate of drug-likeness (QED) is 0.392. The molecule has 3 rings (SSSR count). The summed E-state index contributed by atoms with van der Waals surface area (Å²) >= 11 is 2.35. The summed E-state index contributed by atoms with van der Waals surface area (Å²) in [7, 11) is 0. The maximum atomic E-state index is 12.3. The molecule has 0 spiro atoms. The van der Waals surface area contributed by atoms with E-state index < -0.39 is 0 Å². The highest BCUT2D eigenvalue weighted by Crippen LogP contribution is 2.13. The minimum absolute atomic E-state index is 0.0516. The number of nitrogens with one attached hydrogen (secondary N) is 3. The summed E-state index contributed by atoms with van der Waals surface area (Å²) in [4.78, 5) is 15.6. The van der Waals surface area contributed by atoms with Crippen LogP contribution in [0.5, 0.6) is 0 Å². The zero-order valence-electron chi connectivity index (χ0n) is 15.6. The molecule has 0 aliphatic heterocycles. The van der Waals surface area contributed by atoms with E-state index in [1.54, 1.807) is 6.07 Å². The van der Waals surface area contributed by atoms with Gasteiger partial charge in [-0.2, -0.15) is 0 Å². The fourth-order valence-corrected chi connectivity index (χ4v) is 3.91. The molecule has 2 aromatic carbocycles. The fourth-order valence-electron chi connectivity index (χ4n) is 3.30. The Kier molecular flexibility index (Phi) is 7.29. The lowest BCUT2D eigenvalue weighted by Gasteiger charge is -2.18. The lowest BCUT2D eigenvalue weighted by Crippen LogP contribution is -2.28. The molecule has 0 saturated carbocycles. The van der Waals surface area contributed by atoms with Crippen molar-refractivity contribution in [1.29, 1.82) is 0 Å². The third kappa shape index (κ3) is 5.81. The van der Waals surface area contributed by atoms with E-state index in [0.717, 1.165) is 49.2 Å². The number of hydrogen-bond acceptors (Lipinski definition) is 3. The molecule has 0 aliphatic carbocycles. The van der Waals surface area contributed by atoms with Crippen LogP contribution in [-0.4, -0.2) is 18.1 Å². The zero-order valence-corrected chi connectivity index (χ0v) is 17.8. The van der Waals surface area contributed by atoms with Crippen LogP contribution in [-0.2, 0) is 6.54 Å². The molecule has 1 aromatic heterocycles. The standard InChI is InChI=1S/C22H26IN3O/c1-2-6-17(14-24-13-16-7-5-8-18(23)11-16)15-25-22-12-21(27)19-9-3-4-10-20(19)26-22/h3-5,7-12,17,24H,2,6,13-15H2,1H3,(H2,25,26,27). The molecule has 3 aromatic rings. The van der Waals surface area contributed by atoms with Gasteiger partial charge >= 0.3 is 0 Å². The number of benzene rings is 2. The topological polar surface area (TPSA) is 56.9 Å². The van der Waals surface area contributed by atoms with Gasteiger partial charge in [0.05, 0.1) is 5.52 Å². The highest BCUT2D eigenvalue weighted by Gasteiger charge is 2.09. The Labute approximate surface area is 173 Å². The highest BCUT2D eigenvalue weighted by molar-refractivity contribution is 14.1. The average Bonchev–Trinajstić information content (AvgIpc) is 2.66. The number of para-hydroxylation sites is 1. The number of rotatable bonds is 9. The molecule has 0 radical (unpaired) electrons. The SMILES string of the molecule is CCCC(CNCc1cccc(I)c1)CNc1cc(=O)c2ccccc2[nH]1. The Balaban J connectivity index is 1.57. The van der Waals surface area contributed by atoms with Crippen LogP contribution >= 0.6 is 22.6 Å². The molecule has 0 fully saturated rings. The van der Waals surface area contributed by atoms with Crippen molar-refractivity contribution in [2.75, 3.05) is 18.4 Å². The average molecular weight is 475 g/mol. The molecule has 1 atom stereocenters. The van der Waals surface area contributed by atoms with Gasteiger partial charge in [0.15, 0.2) is 5.43 Å². The Hall–Kier alpha value is -1.86. The van der Waals surface area contributed by atoms with Gasteiger partial charge in [-0.1, -0.05) is 37.6 Å². The first-order valence-corrected chi connectivity index (χ1v) is 10.5. The van der Waals surface area contributed by atoms with Gasteiger partial charge in [0, 0.05) is 28.1 Å². The Morgan fingerprint density at radius 1 is 1.07 bits per heavy atom. The van der Waals surface area contributed by atoms with E-state index in [4.69, 9.17) is 0 Å². The monoisotopic (exact) mass is 475 g/mol. The fraction of sp³-hybridized carbons (Fsp3) is 0.318. The molecular weight excluding hydrogens is 449 g/mol. The number of aromatic nitrogens is 1. The third-order valence-electron chi connectivity index (χ3n) is 4.67. The molecule has 0 bridgehead atoms. The van der Waals surface area contributed by atoms with Crippen molar-refractivity contribution < 1.29 is 0 Å². The second-order valence-corrected chi connectivity index (χ2v) is 8.13. The van der Waals surface area contributed by atoms with Crippen molar-refractivity contribution in [3.63, 3.8) is 0 Å². The third-order valence-corrected chi connectivity index (χ3v) is 5.34. The van der Waals surface area contributed by atoms with Crippen LogP contribution in [0.25, 0.3) is 10.9 Å². The van der Waals surface area contributed by atoms with E-state index >= 15 is 0 Å². The second-order valence-electron chi connectivity index (χ2n) is 6.89. The lowest BCUT2D eigenvalue weighted by molar-refractivity contribution is 0.459. The van der Waals surface area contributed by atoms with Gasteiger partial charge in [0.25, 0.3) is 0 Å². The summed E-state index contributed by atoms with van der Waals surface area (Å²) in [5.74, 6) is 1.30. The van der Waals surface area contributed by atoms with Gasteiger partial charge in [-0.15, -0.1) is 0 Å². The maximum absolute atomic E-state index is 12.3. The van der Waals surface area contributed by atoms with Crippen LogP contribution in [0.3, 0.4) is 0 Å². The molecule has 27 heavy (non-hydrogen) atoms. The first-order chi connectivity index (χ1) is 13.2. The molecule has 0 aliphatic rings. The van der Waals surface area contributed by atoms with Gasteiger partial charge in [0.1, 0.15) is 5.82 Å². The van der Waals surface area contributed by atoms with Crippen LogP contribution < -0.4 is 16.1 Å². The van der Waals surface area contributed by atoms with Crippen LogP contribution in [0.1, 0.15) is 25.3 Å². The van der Waals surface area contributed by atoms with Crippen molar-refractivity contribution in [3.8, 4) is 0 Å². The van der Waals surface area contributed by atoms with E-state index in [1.165, 1.54) is 9.13 Å². The predicted molar refractivity (Wildman–Crippen MR) is 122 cm³/mol. The normalized spacial score (nSPS) is 12.2. The summed E-state index contributed by atoms with van der Waals surface area (Å²) < 4.78 is 1.26. The molecule has 0 amide bonds. The first kappa shape index (κ1) is 19.9. The minimum atomic E-state index is 0.0516. The summed E-state index contributed by atoms with van der Waals surface area (Å²) in [5, 5.41) is 7.73. The number of pyridine rings is 1. The van der Waals surface area contributed by atoms with E-state index in [-0.39, 0.29) is 5.43 Å². The number of H-pyrrole nitrogens is 1. The minimum Gasteiger partial charge on any atom is -0.371 e. The zero-order chi connectivity index (χ0) is 19.1. The van der Waals surface area contributed by atoms with Crippen LogP contribution in [0, 0.1) is 9.49 Å². The summed E-state index contributed by atoms with van der Waals surface area (Å²) in [5.41, 5.74) is 2.23. The number of aromatic amines is 1. The smallest absolute Gasteiger partial charge is 0.191 e. The Morgan fingerprint density at radius 3 is 2.74 bits per heavy atom. The number of fused-ring (bicyclic) bond motifs is 1. The number of hydrogen-bond donors (Lipinski definition) is 3. The number of anilines is 1. The Morgan fingerprint density at radius 2 is 1.93 bits per heavy atom. The van der Waals surface area contributed by atoms with Crippen molar-refractivity contribution in [3.05, 3.63) is 74.0 Å². The predicted octanol–water partition coefficient (Wildman–Crippen LogP) is 4.75. The van der Waals surface area contributed by atoms with Crippen LogP contribution in [0.15, 0.2) is 59.4 Å². The Bertz CT molecular complexity index is 938. The molecule has 4 nitrogen and oxygen atoms in total. The van der Waals surface area contributed by atoms with Gasteiger partial charge in [0.2, 0.25) is 0 Å². The largest absolute Gasteiger partial charge is 0.371 e. The molecule has 5 heteroatoms. The van der Waals surface area contributed by atoms with E-state index in [2.05, 4.69) is 69.4 Å². The van der Waals surface area contributed by atoms with Gasteiger partial charge < -0.3 is 15.6 Å². The van der Waals surface area contributed by atoms with Crippen molar-refractivity contribution >= 4 is 39.3 Å². The lowest BCUT2D eigenvalue weighted by atomic mass is 10.0. The molecule has 1 unspecified atom stereocenters. The van der Waals surface area contributed by atoms with E-state index in [1.807, 2.05) is 24.3 Å². The van der Waals surface area contributed by atoms with E-state index in [0.29, 0.717) is 5.92 Å². The molecular formula is C22H26IN3O. The van der Waals surface area contributed by atoms with Gasteiger partial charge in [-0.25, -0.2) is 0 Å². The molecule has 0 saturated heterocycles. The first-order valence-electron chi connectivity index (χ1n) is 9.47. The van der Waals surface area contributed by atoms with Crippen molar-refractivity contribution in [1.82, 2.24) is 10.3 Å². The molecule has 3 N–H and O–H groups in total. The van der Waals surface area contributed by atoms with Crippen molar-refractivity contribution in [2.45, 2.75) is 26.3 Å². The second kappa shape index (κ2) is 9.90. The highest BCUT2D eigenvalue weighted by atomic mass is 127. The summed E-state index contributed by atoms with van der Waals surface area (Å²) in [6.07, 6.45) is 2.29. The summed E-state index contributed by atoms with van der Waals surface area (Å²) in [6, 6.07) is 17.9. The van der Waals surface area contributed by atoms with Crippen molar-refractivity contribution in [2.24, 2.45) is 5.92 Å². The molecule has 1 heterocycles. The van der Waals surface area contributed by atoms with Crippen LogP contribution in [0.4, 0.5) is 5.82 Å². The summed E-state index contributed by atoms with van der Waals surface area (Å²) in [6.45, 7) is 4.87. The maximum Gasteiger partial charge on any atom is 0.191 e. The molecule has 142 valence electrons. The van der Waals surface area contributed by atoms with Gasteiger partial charge in [-0.3, -0.25) is 4.79 Å². The van der Waals surface area contributed by atoms with Crippen LogP contribution in [0.2, 0.25) is 0 Å². The van der Waals surface area contributed by atoms with E-state index in [9.17, 15) is 4.79 Å². The number of halogens is 1.